The van der Waals surface area contributed by atoms with Gasteiger partial charge in [0.1, 0.15) is 0 Å². The van der Waals surface area contributed by atoms with Gasteiger partial charge in [0.2, 0.25) is 0 Å². The molecule has 2 rings (SSSR count). The molecule has 0 fully saturated rings. The fourth-order valence-corrected chi connectivity index (χ4v) is 2.37. The Morgan fingerprint density at radius 3 is 2.87 bits per heavy atom. The van der Waals surface area contributed by atoms with Crippen LogP contribution in [-0.2, 0) is 5.41 Å². The third kappa shape index (κ3) is 2.15. The van der Waals surface area contributed by atoms with Crippen LogP contribution in [0.1, 0.15) is 18.9 Å². The normalized spacial score (nSPS) is 25.1. The van der Waals surface area contributed by atoms with Gasteiger partial charge in [-0.15, -0.1) is 0 Å². The van der Waals surface area contributed by atoms with E-state index in [1.165, 1.54) is 5.56 Å². The fraction of sp³-hybridized carbons (Fsp3) is 0.231. The van der Waals surface area contributed by atoms with Crippen molar-refractivity contribution in [3.05, 3.63) is 58.2 Å². The van der Waals surface area contributed by atoms with Gasteiger partial charge in [-0.05, 0) is 30.2 Å². The lowest BCUT2D eigenvalue weighted by Gasteiger charge is -2.29. The zero-order chi connectivity index (χ0) is 10.9. The maximum Gasteiger partial charge on any atom is 0.0178 e. The van der Waals surface area contributed by atoms with Crippen molar-refractivity contribution in [2.24, 2.45) is 5.73 Å². The van der Waals surface area contributed by atoms with E-state index in [1.54, 1.807) is 0 Å². The minimum atomic E-state index is 0.0304. The SMILES string of the molecule is CC1(c2cccc(Br)c2)C=CC=C(N)C1. The molecular weight excluding hydrogens is 250 g/mol. The first-order valence-electron chi connectivity index (χ1n) is 5.00. The van der Waals surface area contributed by atoms with Gasteiger partial charge in [-0.1, -0.05) is 47.1 Å². The first-order valence-corrected chi connectivity index (χ1v) is 5.79. The smallest absolute Gasteiger partial charge is 0.0178 e. The van der Waals surface area contributed by atoms with Crippen LogP contribution in [0.25, 0.3) is 0 Å². The zero-order valence-electron chi connectivity index (χ0n) is 8.70. The molecule has 2 N–H and O–H groups in total. The summed E-state index contributed by atoms with van der Waals surface area (Å²) in [5.74, 6) is 0. The minimum absolute atomic E-state index is 0.0304. The molecular formula is C13H14BrN. The van der Waals surface area contributed by atoms with E-state index in [1.807, 2.05) is 18.2 Å². The Balaban J connectivity index is 2.39. The number of hydrogen-bond donors (Lipinski definition) is 1. The van der Waals surface area contributed by atoms with Crippen molar-refractivity contribution in [3.63, 3.8) is 0 Å². The van der Waals surface area contributed by atoms with Crippen LogP contribution in [0, 0.1) is 0 Å². The van der Waals surface area contributed by atoms with Crippen molar-refractivity contribution in [1.82, 2.24) is 0 Å². The van der Waals surface area contributed by atoms with Crippen molar-refractivity contribution in [2.45, 2.75) is 18.8 Å². The average molecular weight is 264 g/mol. The third-order valence-corrected chi connectivity index (χ3v) is 3.32. The quantitative estimate of drug-likeness (QED) is 0.825. The van der Waals surface area contributed by atoms with Crippen LogP contribution in [0.2, 0.25) is 0 Å². The van der Waals surface area contributed by atoms with Crippen LogP contribution in [0.15, 0.2) is 52.7 Å². The second-order valence-corrected chi connectivity index (χ2v) is 5.12. The number of allylic oxidation sites excluding steroid dienone is 4. The second-order valence-electron chi connectivity index (χ2n) is 4.21. The molecule has 0 heterocycles. The van der Waals surface area contributed by atoms with Crippen LogP contribution in [-0.4, -0.2) is 0 Å². The molecule has 0 aliphatic heterocycles. The summed E-state index contributed by atoms with van der Waals surface area (Å²) in [6.07, 6.45) is 7.12. The van der Waals surface area contributed by atoms with Crippen LogP contribution in [0.3, 0.4) is 0 Å². The van der Waals surface area contributed by atoms with Crippen LogP contribution in [0.4, 0.5) is 0 Å². The topological polar surface area (TPSA) is 26.0 Å². The van der Waals surface area contributed by atoms with Gasteiger partial charge in [0.15, 0.2) is 0 Å². The van der Waals surface area contributed by atoms with E-state index in [-0.39, 0.29) is 5.41 Å². The molecule has 1 aromatic carbocycles. The van der Waals surface area contributed by atoms with E-state index >= 15 is 0 Å². The molecule has 78 valence electrons. The van der Waals surface area contributed by atoms with E-state index in [9.17, 15) is 0 Å². The zero-order valence-corrected chi connectivity index (χ0v) is 10.3. The summed E-state index contributed by atoms with van der Waals surface area (Å²) in [7, 11) is 0. The highest BCUT2D eigenvalue weighted by atomic mass is 79.9. The van der Waals surface area contributed by atoms with Gasteiger partial charge in [-0.2, -0.15) is 0 Å². The standard InChI is InChI=1S/C13H14BrN/c1-13(7-3-6-12(15)9-13)10-4-2-5-11(14)8-10/h2-8H,9,15H2,1H3. The van der Waals surface area contributed by atoms with Gasteiger partial charge >= 0.3 is 0 Å². The van der Waals surface area contributed by atoms with E-state index in [2.05, 4.69) is 47.1 Å². The number of nitrogens with two attached hydrogens (primary N) is 1. The molecule has 1 nitrogen and oxygen atoms in total. The summed E-state index contributed by atoms with van der Waals surface area (Å²) in [5, 5.41) is 0. The molecule has 1 aliphatic carbocycles. The lowest BCUT2D eigenvalue weighted by Crippen LogP contribution is -2.24. The molecule has 1 atom stereocenters. The number of rotatable bonds is 1. The Morgan fingerprint density at radius 1 is 1.40 bits per heavy atom. The van der Waals surface area contributed by atoms with Gasteiger partial charge in [0.05, 0.1) is 0 Å². The number of benzene rings is 1. The molecule has 0 amide bonds. The molecule has 2 heteroatoms. The molecule has 0 spiro atoms. The molecule has 0 saturated heterocycles. The molecule has 0 radical (unpaired) electrons. The lowest BCUT2D eigenvalue weighted by atomic mass is 9.76. The Hall–Kier alpha value is -1.02. The molecule has 1 aliphatic rings. The first kappa shape index (κ1) is 10.5. The Labute approximate surface area is 98.8 Å². The summed E-state index contributed by atoms with van der Waals surface area (Å²) >= 11 is 3.50. The predicted molar refractivity (Wildman–Crippen MR) is 67.5 cm³/mol. The molecule has 0 saturated carbocycles. The van der Waals surface area contributed by atoms with E-state index in [0.717, 1.165) is 16.6 Å². The summed E-state index contributed by atoms with van der Waals surface area (Å²) in [6, 6.07) is 8.41. The molecule has 1 unspecified atom stereocenters. The molecule has 0 aromatic heterocycles. The molecule has 1 aromatic rings. The monoisotopic (exact) mass is 263 g/mol. The molecule has 15 heavy (non-hydrogen) atoms. The minimum Gasteiger partial charge on any atom is -0.402 e. The van der Waals surface area contributed by atoms with Gasteiger partial charge in [0.25, 0.3) is 0 Å². The van der Waals surface area contributed by atoms with Crippen molar-refractivity contribution in [3.8, 4) is 0 Å². The summed E-state index contributed by atoms with van der Waals surface area (Å²) in [5.41, 5.74) is 8.15. The maximum absolute atomic E-state index is 5.88. The predicted octanol–water partition coefficient (Wildman–Crippen LogP) is 3.51. The van der Waals surface area contributed by atoms with Crippen LogP contribution >= 0.6 is 15.9 Å². The van der Waals surface area contributed by atoms with Crippen molar-refractivity contribution in [1.29, 1.82) is 0 Å². The van der Waals surface area contributed by atoms with Crippen molar-refractivity contribution >= 4 is 15.9 Å². The fourth-order valence-electron chi connectivity index (χ4n) is 1.97. The van der Waals surface area contributed by atoms with Crippen LogP contribution < -0.4 is 5.73 Å². The van der Waals surface area contributed by atoms with Gasteiger partial charge in [-0.3, -0.25) is 0 Å². The summed E-state index contributed by atoms with van der Waals surface area (Å²) < 4.78 is 1.11. The number of hydrogen-bond acceptors (Lipinski definition) is 1. The largest absolute Gasteiger partial charge is 0.402 e. The van der Waals surface area contributed by atoms with Crippen LogP contribution in [0.5, 0.6) is 0 Å². The van der Waals surface area contributed by atoms with Crippen molar-refractivity contribution < 1.29 is 0 Å². The Morgan fingerprint density at radius 2 is 2.20 bits per heavy atom. The maximum atomic E-state index is 5.88. The summed E-state index contributed by atoms with van der Waals surface area (Å²) in [4.78, 5) is 0. The lowest BCUT2D eigenvalue weighted by molar-refractivity contribution is 0.577. The third-order valence-electron chi connectivity index (χ3n) is 2.83. The highest BCUT2D eigenvalue weighted by molar-refractivity contribution is 9.10. The highest BCUT2D eigenvalue weighted by Gasteiger charge is 2.25. The van der Waals surface area contributed by atoms with E-state index in [4.69, 9.17) is 5.73 Å². The number of halogens is 1. The van der Waals surface area contributed by atoms with Gasteiger partial charge in [-0.25, -0.2) is 0 Å². The van der Waals surface area contributed by atoms with Crippen molar-refractivity contribution in [2.75, 3.05) is 0 Å². The average Bonchev–Trinajstić information content (AvgIpc) is 2.17. The molecule has 0 bridgehead atoms. The van der Waals surface area contributed by atoms with Gasteiger partial charge < -0.3 is 5.73 Å². The second kappa shape index (κ2) is 3.86. The summed E-state index contributed by atoms with van der Waals surface area (Å²) in [6.45, 7) is 2.21. The van der Waals surface area contributed by atoms with Gasteiger partial charge in [0, 0.05) is 15.6 Å². The van der Waals surface area contributed by atoms with E-state index < -0.39 is 0 Å². The first-order chi connectivity index (χ1) is 7.10. The Kier molecular flexibility index (Phi) is 2.70. The highest BCUT2D eigenvalue weighted by Crippen LogP contribution is 2.34. The Bertz CT molecular complexity index is 434. The van der Waals surface area contributed by atoms with E-state index in [0.29, 0.717) is 0 Å².